The number of nitrogens with one attached hydrogen (secondary N) is 1. The molecule has 0 amide bonds. The molecular formula is C15H24N4. The van der Waals surface area contributed by atoms with Crippen LogP contribution in [0.3, 0.4) is 0 Å². The van der Waals surface area contributed by atoms with Crippen molar-refractivity contribution in [3.8, 4) is 0 Å². The van der Waals surface area contributed by atoms with Gasteiger partial charge in [0.1, 0.15) is 5.82 Å². The van der Waals surface area contributed by atoms with Crippen molar-refractivity contribution in [3.63, 3.8) is 0 Å². The van der Waals surface area contributed by atoms with Crippen LogP contribution in [0.1, 0.15) is 36.3 Å². The van der Waals surface area contributed by atoms with Crippen LogP contribution in [0.5, 0.6) is 0 Å². The van der Waals surface area contributed by atoms with E-state index >= 15 is 0 Å². The number of rotatable bonds is 5. The number of nitrogens with zero attached hydrogens (tertiary/aromatic N) is 3. The van der Waals surface area contributed by atoms with E-state index in [1.165, 1.54) is 37.1 Å². The SMILES string of the molecule is CN(C)Cc1ncc2c(n1)CCC(CNC1CC1)C2. The van der Waals surface area contributed by atoms with Crippen LogP contribution < -0.4 is 5.32 Å². The van der Waals surface area contributed by atoms with E-state index in [-0.39, 0.29) is 0 Å². The molecule has 19 heavy (non-hydrogen) atoms. The van der Waals surface area contributed by atoms with E-state index in [2.05, 4.69) is 35.5 Å². The van der Waals surface area contributed by atoms with Crippen LogP contribution in [-0.2, 0) is 19.4 Å². The van der Waals surface area contributed by atoms with Crippen molar-refractivity contribution in [2.75, 3.05) is 20.6 Å². The zero-order valence-electron chi connectivity index (χ0n) is 12.0. The van der Waals surface area contributed by atoms with Crippen LogP contribution in [0.4, 0.5) is 0 Å². The molecule has 4 nitrogen and oxygen atoms in total. The minimum absolute atomic E-state index is 0.774. The standard InChI is InChI=1S/C15H24N4/c1-19(2)10-15-17-9-12-7-11(3-6-14(12)18-15)8-16-13-4-5-13/h9,11,13,16H,3-8,10H2,1-2H3. The lowest BCUT2D eigenvalue weighted by molar-refractivity contribution is 0.384. The van der Waals surface area contributed by atoms with E-state index in [0.717, 1.165) is 37.2 Å². The average molecular weight is 260 g/mol. The zero-order chi connectivity index (χ0) is 13.2. The Balaban J connectivity index is 1.61. The molecule has 0 bridgehead atoms. The maximum Gasteiger partial charge on any atom is 0.142 e. The Morgan fingerprint density at radius 1 is 1.32 bits per heavy atom. The fourth-order valence-corrected chi connectivity index (χ4v) is 2.78. The largest absolute Gasteiger partial charge is 0.314 e. The van der Waals surface area contributed by atoms with Gasteiger partial charge in [-0.1, -0.05) is 0 Å². The van der Waals surface area contributed by atoms with Gasteiger partial charge in [-0.3, -0.25) is 0 Å². The van der Waals surface area contributed by atoms with Gasteiger partial charge in [-0.25, -0.2) is 9.97 Å². The van der Waals surface area contributed by atoms with Gasteiger partial charge in [-0.2, -0.15) is 0 Å². The number of aromatic nitrogens is 2. The van der Waals surface area contributed by atoms with E-state index in [0.29, 0.717) is 0 Å². The summed E-state index contributed by atoms with van der Waals surface area (Å²) in [5, 5.41) is 3.65. The van der Waals surface area contributed by atoms with Crippen molar-refractivity contribution >= 4 is 0 Å². The molecule has 1 N–H and O–H groups in total. The molecule has 1 saturated carbocycles. The lowest BCUT2D eigenvalue weighted by atomic mass is 9.87. The molecule has 2 aliphatic rings. The van der Waals surface area contributed by atoms with Crippen LogP contribution in [0, 0.1) is 5.92 Å². The highest BCUT2D eigenvalue weighted by Gasteiger charge is 2.24. The number of fused-ring (bicyclic) bond motifs is 1. The van der Waals surface area contributed by atoms with Crippen molar-refractivity contribution in [2.24, 2.45) is 5.92 Å². The van der Waals surface area contributed by atoms with E-state index in [1.807, 2.05) is 0 Å². The molecule has 1 heterocycles. The predicted octanol–water partition coefficient (Wildman–Crippen LogP) is 1.40. The molecule has 1 aromatic rings. The molecule has 0 aromatic carbocycles. The van der Waals surface area contributed by atoms with E-state index in [1.54, 1.807) is 0 Å². The molecule has 1 unspecified atom stereocenters. The van der Waals surface area contributed by atoms with Crippen molar-refractivity contribution in [3.05, 3.63) is 23.3 Å². The van der Waals surface area contributed by atoms with Crippen LogP contribution in [-0.4, -0.2) is 41.5 Å². The van der Waals surface area contributed by atoms with Crippen molar-refractivity contribution < 1.29 is 0 Å². The lowest BCUT2D eigenvalue weighted by Crippen LogP contribution is -2.29. The lowest BCUT2D eigenvalue weighted by Gasteiger charge is -2.24. The van der Waals surface area contributed by atoms with Gasteiger partial charge in [0.15, 0.2) is 0 Å². The summed E-state index contributed by atoms with van der Waals surface area (Å²) in [6, 6.07) is 0.820. The highest BCUT2D eigenvalue weighted by molar-refractivity contribution is 5.21. The second-order valence-electron chi connectivity index (χ2n) is 6.29. The number of hydrogen-bond donors (Lipinski definition) is 1. The second-order valence-corrected chi connectivity index (χ2v) is 6.29. The Morgan fingerprint density at radius 2 is 2.16 bits per heavy atom. The Kier molecular flexibility index (Phi) is 3.80. The third-order valence-electron chi connectivity index (χ3n) is 4.03. The van der Waals surface area contributed by atoms with E-state index in [9.17, 15) is 0 Å². The van der Waals surface area contributed by atoms with Gasteiger partial charge in [0, 0.05) is 17.9 Å². The summed E-state index contributed by atoms with van der Waals surface area (Å²) in [5.74, 6) is 1.73. The molecule has 1 fully saturated rings. The van der Waals surface area contributed by atoms with E-state index < -0.39 is 0 Å². The summed E-state index contributed by atoms with van der Waals surface area (Å²) in [6.45, 7) is 2.00. The summed E-state index contributed by atoms with van der Waals surface area (Å²) < 4.78 is 0. The first-order valence-electron chi connectivity index (χ1n) is 7.42. The molecule has 4 heteroatoms. The first-order chi connectivity index (χ1) is 9.20. The molecule has 0 radical (unpaired) electrons. The van der Waals surface area contributed by atoms with Crippen molar-refractivity contribution in [2.45, 2.75) is 44.7 Å². The topological polar surface area (TPSA) is 41.1 Å². The van der Waals surface area contributed by atoms with Gasteiger partial charge in [0.25, 0.3) is 0 Å². The van der Waals surface area contributed by atoms with Gasteiger partial charge in [0.2, 0.25) is 0 Å². The fourth-order valence-electron chi connectivity index (χ4n) is 2.78. The summed E-state index contributed by atoms with van der Waals surface area (Å²) in [4.78, 5) is 11.3. The predicted molar refractivity (Wildman–Crippen MR) is 76.0 cm³/mol. The summed E-state index contributed by atoms with van der Waals surface area (Å²) >= 11 is 0. The maximum absolute atomic E-state index is 4.72. The molecular weight excluding hydrogens is 236 g/mol. The Bertz CT molecular complexity index is 440. The maximum atomic E-state index is 4.72. The number of hydrogen-bond acceptors (Lipinski definition) is 4. The number of aryl methyl sites for hydroxylation is 1. The molecule has 3 rings (SSSR count). The van der Waals surface area contributed by atoms with Gasteiger partial charge in [-0.15, -0.1) is 0 Å². The molecule has 0 aliphatic heterocycles. The third kappa shape index (κ3) is 3.51. The Labute approximate surface area is 115 Å². The van der Waals surface area contributed by atoms with Crippen molar-refractivity contribution in [1.29, 1.82) is 0 Å². The molecule has 0 saturated heterocycles. The Hall–Kier alpha value is -1.00. The fraction of sp³-hybridized carbons (Fsp3) is 0.733. The molecule has 1 aromatic heterocycles. The monoisotopic (exact) mass is 260 g/mol. The van der Waals surface area contributed by atoms with Crippen LogP contribution >= 0.6 is 0 Å². The van der Waals surface area contributed by atoms with Crippen LogP contribution in [0.2, 0.25) is 0 Å². The quantitative estimate of drug-likeness (QED) is 0.869. The van der Waals surface area contributed by atoms with Gasteiger partial charge in [0.05, 0.1) is 6.54 Å². The summed E-state index contributed by atoms with van der Waals surface area (Å²) in [6.07, 6.45) is 8.35. The molecule has 0 spiro atoms. The van der Waals surface area contributed by atoms with Crippen molar-refractivity contribution in [1.82, 2.24) is 20.2 Å². The highest BCUT2D eigenvalue weighted by Crippen LogP contribution is 2.25. The molecule has 2 aliphatic carbocycles. The highest BCUT2D eigenvalue weighted by atomic mass is 15.1. The average Bonchev–Trinajstić information content (AvgIpc) is 3.19. The Morgan fingerprint density at radius 3 is 2.89 bits per heavy atom. The minimum Gasteiger partial charge on any atom is -0.314 e. The van der Waals surface area contributed by atoms with Gasteiger partial charge < -0.3 is 10.2 Å². The minimum atomic E-state index is 0.774. The molecule has 104 valence electrons. The van der Waals surface area contributed by atoms with Gasteiger partial charge in [-0.05, 0) is 64.2 Å². The second kappa shape index (κ2) is 5.55. The smallest absolute Gasteiger partial charge is 0.142 e. The summed E-state index contributed by atoms with van der Waals surface area (Å²) in [5.41, 5.74) is 2.66. The third-order valence-corrected chi connectivity index (χ3v) is 4.03. The summed E-state index contributed by atoms with van der Waals surface area (Å²) in [7, 11) is 4.12. The van der Waals surface area contributed by atoms with E-state index in [4.69, 9.17) is 4.98 Å². The van der Waals surface area contributed by atoms with Crippen LogP contribution in [0.25, 0.3) is 0 Å². The first-order valence-corrected chi connectivity index (χ1v) is 7.42. The van der Waals surface area contributed by atoms with Crippen LogP contribution in [0.15, 0.2) is 6.20 Å². The zero-order valence-corrected chi connectivity index (χ0v) is 12.0. The first kappa shape index (κ1) is 13.0. The normalized spacial score (nSPS) is 22.6. The molecule has 1 atom stereocenters. The van der Waals surface area contributed by atoms with Gasteiger partial charge >= 0.3 is 0 Å².